The average molecular weight is 466 g/mol. The van der Waals surface area contributed by atoms with Crippen LogP contribution in [0, 0.1) is 6.92 Å². The number of nitrogens with one attached hydrogen (secondary N) is 2. The largest absolute Gasteiger partial charge is 0.423 e. The third-order valence-corrected chi connectivity index (χ3v) is 4.57. The molecule has 0 heterocycles. The zero-order valence-corrected chi connectivity index (χ0v) is 17.8. The molecule has 0 atom stereocenters. The number of rotatable bonds is 7. The van der Waals surface area contributed by atoms with Crippen LogP contribution in [0.25, 0.3) is 0 Å². The van der Waals surface area contributed by atoms with Gasteiger partial charge in [-0.05, 0) is 78.7 Å². The Labute approximate surface area is 183 Å². The molecule has 7 heteroatoms. The fourth-order valence-corrected chi connectivity index (χ4v) is 2.79. The van der Waals surface area contributed by atoms with Gasteiger partial charge in [-0.25, -0.2) is 10.2 Å². The predicted octanol–water partition coefficient (Wildman–Crippen LogP) is 4.54. The Kier molecular flexibility index (Phi) is 7.34. The van der Waals surface area contributed by atoms with Gasteiger partial charge in [-0.15, -0.1) is 0 Å². The minimum atomic E-state index is -0.433. The van der Waals surface area contributed by atoms with Gasteiger partial charge in [-0.3, -0.25) is 4.79 Å². The van der Waals surface area contributed by atoms with E-state index in [2.05, 4.69) is 31.8 Å². The third kappa shape index (κ3) is 6.56. The highest BCUT2D eigenvalue weighted by atomic mass is 79.9. The van der Waals surface area contributed by atoms with E-state index in [1.165, 1.54) is 6.21 Å². The van der Waals surface area contributed by atoms with Crippen LogP contribution in [0.1, 0.15) is 21.5 Å². The second-order valence-corrected chi connectivity index (χ2v) is 7.40. The van der Waals surface area contributed by atoms with Gasteiger partial charge in [0.15, 0.2) is 0 Å². The molecule has 0 aliphatic rings. The number of benzene rings is 3. The molecule has 0 aliphatic carbocycles. The fraction of sp³-hybridized carbons (Fsp3) is 0.0870. The van der Waals surface area contributed by atoms with Gasteiger partial charge in [-0.1, -0.05) is 28.1 Å². The minimum Gasteiger partial charge on any atom is -0.423 e. The van der Waals surface area contributed by atoms with Crippen LogP contribution in [0.5, 0.6) is 5.75 Å². The molecule has 6 nitrogen and oxygen atoms in total. The molecule has 152 valence electrons. The summed E-state index contributed by atoms with van der Waals surface area (Å²) in [6, 6.07) is 21.5. The van der Waals surface area contributed by atoms with Gasteiger partial charge < -0.3 is 10.1 Å². The topological polar surface area (TPSA) is 79.8 Å². The van der Waals surface area contributed by atoms with Crippen LogP contribution in [-0.2, 0) is 4.79 Å². The van der Waals surface area contributed by atoms with E-state index in [4.69, 9.17) is 4.74 Å². The Morgan fingerprint density at radius 2 is 1.77 bits per heavy atom. The number of aryl methyl sites for hydroxylation is 1. The molecule has 0 aliphatic heterocycles. The molecule has 0 saturated carbocycles. The Morgan fingerprint density at radius 1 is 1.03 bits per heavy atom. The van der Waals surface area contributed by atoms with Crippen LogP contribution in [0.15, 0.2) is 82.4 Å². The van der Waals surface area contributed by atoms with Crippen molar-refractivity contribution in [1.82, 2.24) is 5.43 Å². The van der Waals surface area contributed by atoms with Crippen molar-refractivity contribution in [2.45, 2.75) is 6.92 Å². The van der Waals surface area contributed by atoms with E-state index >= 15 is 0 Å². The first kappa shape index (κ1) is 21.3. The Hall–Kier alpha value is -3.45. The molecular weight excluding hydrogens is 446 g/mol. The number of anilines is 1. The van der Waals surface area contributed by atoms with Crippen LogP contribution in [-0.4, -0.2) is 24.6 Å². The van der Waals surface area contributed by atoms with Gasteiger partial charge in [0.25, 0.3) is 5.91 Å². The Bertz CT molecular complexity index is 1050. The lowest BCUT2D eigenvalue weighted by atomic mass is 10.2. The number of carbonyl (C=O) groups is 2. The van der Waals surface area contributed by atoms with Crippen molar-refractivity contribution in [3.05, 3.63) is 94.0 Å². The summed E-state index contributed by atoms with van der Waals surface area (Å²) in [7, 11) is 0. The molecule has 3 rings (SSSR count). The van der Waals surface area contributed by atoms with E-state index < -0.39 is 5.97 Å². The second kappa shape index (κ2) is 10.4. The molecule has 0 bridgehead atoms. The van der Waals surface area contributed by atoms with Crippen LogP contribution in [0.2, 0.25) is 0 Å². The van der Waals surface area contributed by atoms with Crippen molar-refractivity contribution >= 4 is 39.7 Å². The monoisotopic (exact) mass is 465 g/mol. The smallest absolute Gasteiger partial charge is 0.343 e. The zero-order valence-electron chi connectivity index (χ0n) is 16.3. The maximum absolute atomic E-state index is 12.1. The molecule has 0 radical (unpaired) electrons. The van der Waals surface area contributed by atoms with Gasteiger partial charge in [0, 0.05) is 10.2 Å². The van der Waals surface area contributed by atoms with Crippen LogP contribution < -0.4 is 15.5 Å². The van der Waals surface area contributed by atoms with Gasteiger partial charge >= 0.3 is 5.97 Å². The molecule has 0 unspecified atom stereocenters. The highest BCUT2D eigenvalue weighted by molar-refractivity contribution is 9.10. The van der Waals surface area contributed by atoms with Crippen molar-refractivity contribution in [3.8, 4) is 5.75 Å². The van der Waals surface area contributed by atoms with Crippen molar-refractivity contribution < 1.29 is 14.3 Å². The number of halogens is 1. The zero-order chi connectivity index (χ0) is 21.3. The quantitative estimate of drug-likeness (QED) is 0.232. The maximum atomic E-state index is 12.1. The highest BCUT2D eigenvalue weighted by Gasteiger charge is 2.08. The molecule has 30 heavy (non-hydrogen) atoms. The highest BCUT2D eigenvalue weighted by Crippen LogP contribution is 2.15. The fourth-order valence-electron chi connectivity index (χ4n) is 2.53. The number of carbonyl (C=O) groups excluding carboxylic acids is 2. The van der Waals surface area contributed by atoms with Crippen molar-refractivity contribution in [2.24, 2.45) is 5.10 Å². The van der Waals surface area contributed by atoms with Crippen LogP contribution >= 0.6 is 15.9 Å². The van der Waals surface area contributed by atoms with E-state index in [0.29, 0.717) is 11.3 Å². The second-order valence-electron chi connectivity index (χ2n) is 6.48. The Balaban J connectivity index is 1.46. The summed E-state index contributed by atoms with van der Waals surface area (Å²) >= 11 is 3.33. The molecule has 0 aromatic heterocycles. The number of nitrogens with zero attached hydrogens (tertiary/aromatic N) is 1. The summed E-state index contributed by atoms with van der Waals surface area (Å²) in [5.41, 5.74) is 5.68. The number of hydrazone groups is 1. The predicted molar refractivity (Wildman–Crippen MR) is 121 cm³/mol. The average Bonchev–Trinajstić information content (AvgIpc) is 2.74. The number of amides is 1. The van der Waals surface area contributed by atoms with Gasteiger partial charge in [-0.2, -0.15) is 5.10 Å². The molecule has 0 spiro atoms. The minimum absolute atomic E-state index is 0.117. The molecular formula is C23H20BrN3O3. The summed E-state index contributed by atoms with van der Waals surface area (Å²) in [5, 5.41) is 6.98. The number of ether oxygens (including phenoxy) is 1. The van der Waals surface area contributed by atoms with E-state index in [9.17, 15) is 9.59 Å². The van der Waals surface area contributed by atoms with E-state index in [1.807, 2.05) is 31.2 Å². The molecule has 0 fully saturated rings. The van der Waals surface area contributed by atoms with E-state index in [0.717, 1.165) is 21.3 Å². The Morgan fingerprint density at radius 3 is 2.47 bits per heavy atom. The normalized spacial score (nSPS) is 10.6. The first-order valence-corrected chi connectivity index (χ1v) is 9.99. The van der Waals surface area contributed by atoms with E-state index in [1.54, 1.807) is 48.5 Å². The summed E-state index contributed by atoms with van der Waals surface area (Å²) in [6.07, 6.45) is 1.52. The number of hydrogen-bond donors (Lipinski definition) is 2. The lowest BCUT2D eigenvalue weighted by Gasteiger charge is -2.06. The van der Waals surface area contributed by atoms with Crippen molar-refractivity contribution in [3.63, 3.8) is 0 Å². The van der Waals surface area contributed by atoms with E-state index in [-0.39, 0.29) is 12.5 Å². The lowest BCUT2D eigenvalue weighted by molar-refractivity contribution is -0.119. The summed E-state index contributed by atoms with van der Waals surface area (Å²) < 4.78 is 6.23. The molecule has 3 aromatic rings. The summed E-state index contributed by atoms with van der Waals surface area (Å²) in [6.45, 7) is 2.11. The lowest BCUT2D eigenvalue weighted by Crippen LogP contribution is -2.25. The SMILES string of the molecule is Cc1cccc(NCC(=O)N/N=C/c2ccc(OC(=O)c3ccc(Br)cc3)cc2)c1. The standard InChI is InChI=1S/C23H20BrN3O3/c1-16-3-2-4-20(13-16)25-15-22(28)27-26-14-17-5-11-21(12-6-17)30-23(29)18-7-9-19(24)10-8-18/h2-14,25H,15H2,1H3,(H,27,28)/b26-14+. The first-order chi connectivity index (χ1) is 14.5. The molecule has 1 amide bonds. The molecule has 0 saturated heterocycles. The van der Waals surface area contributed by atoms with Crippen LogP contribution in [0.4, 0.5) is 5.69 Å². The summed E-state index contributed by atoms with van der Waals surface area (Å²) in [4.78, 5) is 24.0. The first-order valence-electron chi connectivity index (χ1n) is 9.20. The van der Waals surface area contributed by atoms with Gasteiger partial charge in [0.1, 0.15) is 5.75 Å². The number of esters is 1. The van der Waals surface area contributed by atoms with Gasteiger partial charge in [0.05, 0.1) is 18.3 Å². The molecule has 3 aromatic carbocycles. The third-order valence-electron chi connectivity index (χ3n) is 4.04. The maximum Gasteiger partial charge on any atom is 0.343 e. The van der Waals surface area contributed by atoms with Crippen LogP contribution in [0.3, 0.4) is 0 Å². The molecule has 2 N–H and O–H groups in total. The summed E-state index contributed by atoms with van der Waals surface area (Å²) in [5.74, 6) is -0.267. The van der Waals surface area contributed by atoms with Gasteiger partial charge in [0.2, 0.25) is 0 Å². The van der Waals surface area contributed by atoms with Crippen molar-refractivity contribution in [2.75, 3.05) is 11.9 Å². The van der Waals surface area contributed by atoms with Crippen molar-refractivity contribution in [1.29, 1.82) is 0 Å². The number of hydrogen-bond acceptors (Lipinski definition) is 5.